The lowest BCUT2D eigenvalue weighted by Crippen LogP contribution is -2.26. The summed E-state index contributed by atoms with van der Waals surface area (Å²) in [5.74, 6) is -2.35. The average molecular weight is 485 g/mol. The van der Waals surface area contributed by atoms with Gasteiger partial charge in [0.05, 0.1) is 26.2 Å². The molecule has 1 N–H and O–H groups in total. The highest BCUT2D eigenvalue weighted by Gasteiger charge is 2.32. The van der Waals surface area contributed by atoms with Gasteiger partial charge in [-0.15, -0.1) is 0 Å². The molecule has 3 rings (SSSR count). The van der Waals surface area contributed by atoms with Gasteiger partial charge in [-0.2, -0.15) is 13.2 Å². The quantitative estimate of drug-likeness (QED) is 0.329. The maximum atomic E-state index is 13.3. The van der Waals surface area contributed by atoms with Gasteiger partial charge in [0.1, 0.15) is 17.4 Å². The van der Waals surface area contributed by atoms with E-state index in [1.807, 2.05) is 0 Å². The zero-order valence-electron chi connectivity index (χ0n) is 18.9. The van der Waals surface area contributed by atoms with Crippen LogP contribution in [0.5, 0.6) is 11.5 Å². The third-order valence-electron chi connectivity index (χ3n) is 5.22. The van der Waals surface area contributed by atoms with Gasteiger partial charge in [0.25, 0.3) is 0 Å². The molecule has 0 aromatic heterocycles. The fourth-order valence-electron chi connectivity index (χ4n) is 3.44. The van der Waals surface area contributed by atoms with Gasteiger partial charge in [0, 0.05) is 11.3 Å². The number of hydrogen-bond donors (Lipinski definition) is 1. The highest BCUT2D eigenvalue weighted by Crippen LogP contribution is 2.31. The molecule has 0 bridgehead atoms. The van der Waals surface area contributed by atoms with Crippen molar-refractivity contribution >= 4 is 23.2 Å². The van der Waals surface area contributed by atoms with E-state index in [-0.39, 0.29) is 11.3 Å². The molecule has 182 valence electrons. The van der Waals surface area contributed by atoms with E-state index < -0.39 is 41.6 Å². The summed E-state index contributed by atoms with van der Waals surface area (Å²) in [5.41, 5.74) is -0.464. The number of carbonyl (C=O) groups is 3. The number of alkyl halides is 3. The molecule has 35 heavy (non-hydrogen) atoms. The number of benzene rings is 3. The van der Waals surface area contributed by atoms with Crippen LogP contribution in [0.3, 0.4) is 0 Å². The van der Waals surface area contributed by atoms with Crippen LogP contribution in [0.2, 0.25) is 0 Å². The van der Waals surface area contributed by atoms with Crippen molar-refractivity contribution in [1.82, 2.24) is 0 Å². The minimum Gasteiger partial charge on any atom is -0.497 e. The summed E-state index contributed by atoms with van der Waals surface area (Å²) in [6, 6.07) is 16.5. The van der Waals surface area contributed by atoms with Gasteiger partial charge in [-0.25, -0.2) is 0 Å². The molecule has 3 aromatic rings. The van der Waals surface area contributed by atoms with E-state index in [1.54, 1.807) is 36.4 Å². The molecule has 9 heteroatoms. The average Bonchev–Trinajstić information content (AvgIpc) is 2.84. The lowest BCUT2D eigenvalue weighted by atomic mass is 9.86. The molecule has 0 radical (unpaired) electrons. The van der Waals surface area contributed by atoms with Gasteiger partial charge in [-0.1, -0.05) is 18.2 Å². The Bertz CT molecular complexity index is 1200. The number of ether oxygens (including phenoxy) is 2. The summed E-state index contributed by atoms with van der Waals surface area (Å²) in [6.07, 6.45) is -5.30. The van der Waals surface area contributed by atoms with E-state index in [9.17, 15) is 27.6 Å². The number of methoxy groups -OCH3 is 2. The van der Waals surface area contributed by atoms with Gasteiger partial charge >= 0.3 is 6.18 Å². The molecule has 0 aliphatic carbocycles. The number of hydrogen-bond acceptors (Lipinski definition) is 5. The number of ketones is 2. The van der Waals surface area contributed by atoms with E-state index in [0.717, 1.165) is 18.2 Å². The number of Topliss-reactive ketones (excluding diaryl/α,β-unsaturated/α-hetero) is 2. The zero-order chi connectivity index (χ0) is 25.6. The Morgan fingerprint density at radius 3 is 1.97 bits per heavy atom. The van der Waals surface area contributed by atoms with Gasteiger partial charge in [-0.05, 0) is 60.2 Å². The topological polar surface area (TPSA) is 81.7 Å². The number of rotatable bonds is 9. The predicted octanol–water partition coefficient (Wildman–Crippen LogP) is 5.29. The maximum Gasteiger partial charge on any atom is 0.416 e. The van der Waals surface area contributed by atoms with Gasteiger partial charge < -0.3 is 14.8 Å². The second-order valence-electron chi connectivity index (χ2n) is 7.57. The smallest absolute Gasteiger partial charge is 0.416 e. The van der Waals surface area contributed by atoms with E-state index in [4.69, 9.17) is 9.47 Å². The Morgan fingerprint density at radius 1 is 0.857 bits per heavy atom. The van der Waals surface area contributed by atoms with Crippen LogP contribution in [-0.4, -0.2) is 31.7 Å². The van der Waals surface area contributed by atoms with Crippen LogP contribution in [-0.2, 0) is 15.8 Å². The lowest BCUT2D eigenvalue weighted by molar-refractivity contribution is -0.137. The Balaban J connectivity index is 1.84. The number of amides is 1. The molecule has 0 aliphatic rings. The molecular weight excluding hydrogens is 463 g/mol. The summed E-state index contributed by atoms with van der Waals surface area (Å²) < 4.78 is 49.0. The fraction of sp³-hybridized carbons (Fsp3) is 0.192. The summed E-state index contributed by atoms with van der Waals surface area (Å²) in [5, 5.41) is 2.30. The van der Waals surface area contributed by atoms with Crippen LogP contribution >= 0.6 is 0 Å². The number of anilines is 1. The van der Waals surface area contributed by atoms with Crippen molar-refractivity contribution in [3.63, 3.8) is 0 Å². The van der Waals surface area contributed by atoms with E-state index in [0.29, 0.717) is 17.1 Å². The van der Waals surface area contributed by atoms with Crippen molar-refractivity contribution < 1.29 is 37.0 Å². The Hall–Kier alpha value is -4.14. The standard InChI is InChI=1S/C26H22F3NO5/c1-34-20-10-6-16(7-11-20)24(25(33)17-8-12-21(35-2)13-9-17)22(31)15-23(32)30-19-5-3-4-18(14-19)26(27,28)29/h3-14,24H,15H2,1-2H3,(H,30,32)/t24-/m1/s1. The van der Waals surface area contributed by atoms with Crippen LogP contribution in [0.1, 0.15) is 33.8 Å². The molecule has 0 unspecified atom stereocenters. The predicted molar refractivity (Wildman–Crippen MR) is 123 cm³/mol. The Morgan fingerprint density at radius 2 is 1.43 bits per heavy atom. The second-order valence-corrected chi connectivity index (χ2v) is 7.57. The normalized spacial score (nSPS) is 11.9. The first-order valence-corrected chi connectivity index (χ1v) is 10.4. The summed E-state index contributed by atoms with van der Waals surface area (Å²) in [7, 11) is 2.95. The van der Waals surface area contributed by atoms with Crippen molar-refractivity contribution in [3.8, 4) is 11.5 Å². The first kappa shape index (κ1) is 25.5. The SMILES string of the molecule is COc1ccc(C(=O)[C@@H](C(=O)CC(=O)Nc2cccc(C(F)(F)F)c2)c2ccc(OC)cc2)cc1. The minimum atomic E-state index is -4.58. The molecule has 3 aromatic carbocycles. The molecule has 1 atom stereocenters. The van der Waals surface area contributed by atoms with Gasteiger partial charge in [0.15, 0.2) is 11.6 Å². The Labute approximate surface area is 199 Å². The highest BCUT2D eigenvalue weighted by atomic mass is 19.4. The maximum absolute atomic E-state index is 13.3. The van der Waals surface area contributed by atoms with Crippen molar-refractivity contribution in [2.45, 2.75) is 18.5 Å². The number of halogens is 3. The molecule has 0 saturated carbocycles. The first-order valence-electron chi connectivity index (χ1n) is 10.4. The fourth-order valence-corrected chi connectivity index (χ4v) is 3.44. The van der Waals surface area contributed by atoms with Crippen molar-refractivity contribution in [2.75, 3.05) is 19.5 Å². The van der Waals surface area contributed by atoms with Gasteiger partial charge in [-0.3, -0.25) is 14.4 Å². The van der Waals surface area contributed by atoms with Crippen molar-refractivity contribution in [1.29, 1.82) is 0 Å². The summed E-state index contributed by atoms with van der Waals surface area (Å²) >= 11 is 0. The van der Waals surface area contributed by atoms with Crippen molar-refractivity contribution in [2.24, 2.45) is 0 Å². The zero-order valence-corrected chi connectivity index (χ0v) is 18.9. The monoisotopic (exact) mass is 485 g/mol. The molecule has 0 aliphatic heterocycles. The van der Waals surface area contributed by atoms with Crippen LogP contribution in [0, 0.1) is 0 Å². The summed E-state index contributed by atoms with van der Waals surface area (Å²) in [6.45, 7) is 0. The first-order chi connectivity index (χ1) is 16.6. The minimum absolute atomic E-state index is 0.111. The molecule has 0 saturated heterocycles. The van der Waals surface area contributed by atoms with E-state index >= 15 is 0 Å². The van der Waals surface area contributed by atoms with E-state index in [2.05, 4.69) is 5.32 Å². The van der Waals surface area contributed by atoms with Crippen LogP contribution in [0.4, 0.5) is 18.9 Å². The number of carbonyl (C=O) groups excluding carboxylic acids is 3. The largest absolute Gasteiger partial charge is 0.497 e. The molecule has 0 fully saturated rings. The van der Waals surface area contributed by atoms with Crippen molar-refractivity contribution in [3.05, 3.63) is 89.5 Å². The molecular formula is C26H22F3NO5. The molecule has 1 amide bonds. The molecule has 0 heterocycles. The third-order valence-corrected chi connectivity index (χ3v) is 5.22. The Kier molecular flexibility index (Phi) is 7.91. The van der Waals surface area contributed by atoms with E-state index in [1.165, 1.54) is 32.4 Å². The third kappa shape index (κ3) is 6.47. The second kappa shape index (κ2) is 10.9. The highest BCUT2D eigenvalue weighted by molar-refractivity contribution is 6.19. The van der Waals surface area contributed by atoms with Gasteiger partial charge in [0.2, 0.25) is 5.91 Å². The van der Waals surface area contributed by atoms with Crippen LogP contribution < -0.4 is 14.8 Å². The lowest BCUT2D eigenvalue weighted by Gasteiger charge is -2.16. The summed E-state index contributed by atoms with van der Waals surface area (Å²) in [4.78, 5) is 38.9. The van der Waals surface area contributed by atoms with Crippen LogP contribution in [0.25, 0.3) is 0 Å². The molecule has 6 nitrogen and oxygen atoms in total. The number of nitrogens with one attached hydrogen (secondary N) is 1. The molecule has 0 spiro atoms. The van der Waals surface area contributed by atoms with Crippen LogP contribution in [0.15, 0.2) is 72.8 Å².